The van der Waals surface area contributed by atoms with E-state index >= 15 is 0 Å². The second-order valence-corrected chi connectivity index (χ2v) is 10.2. The predicted octanol–water partition coefficient (Wildman–Crippen LogP) is 5.84. The Bertz CT molecular complexity index is 990. The molecule has 4 rings (SSSR count). The molecule has 0 spiro atoms. The Morgan fingerprint density at radius 3 is 2.68 bits per heavy atom. The van der Waals surface area contributed by atoms with Gasteiger partial charge in [0.25, 0.3) is 0 Å². The minimum absolute atomic E-state index is 0.252. The number of ether oxygens (including phenoxy) is 2. The summed E-state index contributed by atoms with van der Waals surface area (Å²) >= 11 is 10.3. The molecular formula is C24H28BrClN2O3. The quantitative estimate of drug-likeness (QED) is 0.512. The monoisotopic (exact) mass is 506 g/mol. The fourth-order valence-electron chi connectivity index (χ4n) is 4.09. The van der Waals surface area contributed by atoms with Crippen molar-refractivity contribution in [3.8, 4) is 5.75 Å². The predicted molar refractivity (Wildman–Crippen MR) is 127 cm³/mol. The third-order valence-corrected chi connectivity index (χ3v) is 6.81. The van der Waals surface area contributed by atoms with Crippen LogP contribution in [0.4, 0.5) is 10.5 Å². The molecular weight excluding hydrogens is 480 g/mol. The standard InChI is InChI=1S/C24H28BrClN2O3/c1-24(2,3)31-23(29)27-10-8-16-14-20-22(21(25)18(16)9-11-27)28(12-13-30-20)15-17-6-4-5-7-19(17)26/h4-7,14H,8-13,15H2,1-3H3. The molecule has 0 radical (unpaired) electrons. The van der Waals surface area contributed by atoms with Crippen molar-refractivity contribution in [2.24, 2.45) is 0 Å². The first-order valence-electron chi connectivity index (χ1n) is 10.7. The molecule has 0 saturated heterocycles. The molecule has 0 unspecified atom stereocenters. The first-order chi connectivity index (χ1) is 14.7. The minimum atomic E-state index is -0.497. The summed E-state index contributed by atoms with van der Waals surface area (Å²) in [6.45, 7) is 9.10. The van der Waals surface area contributed by atoms with Crippen LogP contribution in [0.3, 0.4) is 0 Å². The van der Waals surface area contributed by atoms with Crippen molar-refractivity contribution in [1.82, 2.24) is 4.90 Å². The topological polar surface area (TPSA) is 42.0 Å². The summed E-state index contributed by atoms with van der Waals surface area (Å²) < 4.78 is 12.7. The Morgan fingerprint density at radius 1 is 1.19 bits per heavy atom. The van der Waals surface area contributed by atoms with E-state index in [1.165, 1.54) is 11.1 Å². The van der Waals surface area contributed by atoms with Gasteiger partial charge in [0.15, 0.2) is 0 Å². The molecule has 31 heavy (non-hydrogen) atoms. The van der Waals surface area contributed by atoms with Crippen LogP contribution in [0.5, 0.6) is 5.75 Å². The number of carbonyl (C=O) groups excluding carboxylic acids is 1. The van der Waals surface area contributed by atoms with E-state index in [-0.39, 0.29) is 6.09 Å². The Balaban J connectivity index is 1.60. The summed E-state index contributed by atoms with van der Waals surface area (Å²) in [4.78, 5) is 16.7. The second kappa shape index (κ2) is 8.91. The molecule has 1 amide bonds. The van der Waals surface area contributed by atoms with Crippen molar-refractivity contribution in [2.75, 3.05) is 31.1 Å². The van der Waals surface area contributed by atoms with E-state index in [9.17, 15) is 4.79 Å². The molecule has 0 fully saturated rings. The Hall–Kier alpha value is -1.92. The normalized spacial score (nSPS) is 16.2. The van der Waals surface area contributed by atoms with E-state index < -0.39 is 5.60 Å². The van der Waals surface area contributed by atoms with Crippen molar-refractivity contribution in [1.29, 1.82) is 0 Å². The smallest absolute Gasteiger partial charge is 0.410 e. The zero-order valence-electron chi connectivity index (χ0n) is 18.2. The van der Waals surface area contributed by atoms with Crippen LogP contribution >= 0.6 is 27.5 Å². The van der Waals surface area contributed by atoms with Crippen LogP contribution in [0.2, 0.25) is 5.02 Å². The van der Waals surface area contributed by atoms with Crippen LogP contribution in [-0.4, -0.2) is 42.8 Å². The minimum Gasteiger partial charge on any atom is -0.490 e. The van der Waals surface area contributed by atoms with Crippen molar-refractivity contribution < 1.29 is 14.3 Å². The molecule has 0 aliphatic carbocycles. The highest BCUT2D eigenvalue weighted by atomic mass is 79.9. The third-order valence-electron chi connectivity index (χ3n) is 5.59. The highest BCUT2D eigenvalue weighted by Crippen LogP contribution is 2.44. The molecule has 2 aromatic carbocycles. The number of amides is 1. The third kappa shape index (κ3) is 4.96. The number of hydrogen-bond acceptors (Lipinski definition) is 4. The van der Waals surface area contributed by atoms with Gasteiger partial charge in [0.05, 0.1) is 12.2 Å². The summed E-state index contributed by atoms with van der Waals surface area (Å²) in [6, 6.07) is 10.1. The fraction of sp³-hybridized carbons (Fsp3) is 0.458. The molecule has 2 aliphatic rings. The summed E-state index contributed by atoms with van der Waals surface area (Å²) in [6.07, 6.45) is 1.29. The molecule has 2 aliphatic heterocycles. The van der Waals surface area contributed by atoms with Gasteiger partial charge in [-0.3, -0.25) is 0 Å². The molecule has 5 nitrogen and oxygen atoms in total. The fourth-order valence-corrected chi connectivity index (χ4v) is 5.19. The maximum Gasteiger partial charge on any atom is 0.410 e. The SMILES string of the molecule is CC(C)(C)OC(=O)N1CCc2cc3c(c(Br)c2CC1)N(Cc1ccccc1Cl)CCO3. The lowest BCUT2D eigenvalue weighted by atomic mass is 10.00. The Labute approximate surface area is 197 Å². The maximum atomic E-state index is 12.6. The zero-order chi connectivity index (χ0) is 22.2. The van der Waals surface area contributed by atoms with Crippen LogP contribution in [0.15, 0.2) is 34.8 Å². The van der Waals surface area contributed by atoms with Crippen molar-refractivity contribution in [2.45, 2.75) is 45.8 Å². The van der Waals surface area contributed by atoms with Gasteiger partial charge in [0.2, 0.25) is 0 Å². The van der Waals surface area contributed by atoms with Gasteiger partial charge in [0.1, 0.15) is 18.0 Å². The first kappa shape index (κ1) is 22.3. The van der Waals surface area contributed by atoms with E-state index in [0.29, 0.717) is 19.7 Å². The van der Waals surface area contributed by atoms with E-state index in [1.54, 1.807) is 4.90 Å². The number of carbonyl (C=O) groups is 1. The van der Waals surface area contributed by atoms with Gasteiger partial charge in [-0.2, -0.15) is 0 Å². The van der Waals surface area contributed by atoms with Crippen LogP contribution in [-0.2, 0) is 24.1 Å². The van der Waals surface area contributed by atoms with Gasteiger partial charge < -0.3 is 19.3 Å². The molecule has 166 valence electrons. The first-order valence-corrected chi connectivity index (χ1v) is 11.8. The maximum absolute atomic E-state index is 12.6. The van der Waals surface area contributed by atoms with Crippen LogP contribution < -0.4 is 9.64 Å². The number of fused-ring (bicyclic) bond motifs is 2. The summed E-state index contributed by atoms with van der Waals surface area (Å²) in [5.74, 6) is 0.884. The zero-order valence-corrected chi connectivity index (χ0v) is 20.6. The van der Waals surface area contributed by atoms with Crippen molar-refractivity contribution >= 4 is 39.3 Å². The lowest BCUT2D eigenvalue weighted by Crippen LogP contribution is -2.38. The number of rotatable bonds is 2. The van der Waals surface area contributed by atoms with Crippen LogP contribution in [0.1, 0.15) is 37.5 Å². The molecule has 0 aromatic heterocycles. The molecule has 7 heteroatoms. The lowest BCUT2D eigenvalue weighted by Gasteiger charge is -2.34. The average molecular weight is 508 g/mol. The van der Waals surface area contributed by atoms with Gasteiger partial charge in [-0.25, -0.2) is 4.79 Å². The van der Waals surface area contributed by atoms with Gasteiger partial charge in [-0.05, 0) is 78.4 Å². The second-order valence-electron chi connectivity index (χ2n) is 9.00. The number of halogens is 2. The lowest BCUT2D eigenvalue weighted by molar-refractivity contribution is 0.0258. The number of anilines is 1. The summed E-state index contributed by atoms with van der Waals surface area (Å²) in [7, 11) is 0. The highest BCUT2D eigenvalue weighted by Gasteiger charge is 2.29. The number of benzene rings is 2. The molecule has 0 N–H and O–H groups in total. The average Bonchev–Trinajstić information content (AvgIpc) is 2.91. The van der Waals surface area contributed by atoms with Crippen molar-refractivity contribution in [3.63, 3.8) is 0 Å². The molecule has 0 saturated carbocycles. The Morgan fingerprint density at radius 2 is 1.94 bits per heavy atom. The molecule has 0 atom stereocenters. The van der Waals surface area contributed by atoms with Crippen LogP contribution in [0, 0.1) is 0 Å². The number of hydrogen-bond donors (Lipinski definition) is 0. The molecule has 2 aromatic rings. The van der Waals surface area contributed by atoms with E-state index in [0.717, 1.165) is 52.4 Å². The van der Waals surface area contributed by atoms with Gasteiger partial charge in [0, 0.05) is 29.1 Å². The van der Waals surface area contributed by atoms with Gasteiger partial charge in [-0.15, -0.1) is 0 Å². The molecule has 2 heterocycles. The van der Waals surface area contributed by atoms with E-state index in [4.69, 9.17) is 21.1 Å². The summed E-state index contributed by atoms with van der Waals surface area (Å²) in [5, 5.41) is 0.773. The Kier molecular flexibility index (Phi) is 6.40. The van der Waals surface area contributed by atoms with Gasteiger partial charge >= 0.3 is 6.09 Å². The van der Waals surface area contributed by atoms with Crippen LogP contribution in [0.25, 0.3) is 0 Å². The van der Waals surface area contributed by atoms with Crippen molar-refractivity contribution in [3.05, 3.63) is 56.5 Å². The molecule has 0 bridgehead atoms. The van der Waals surface area contributed by atoms with Gasteiger partial charge in [-0.1, -0.05) is 29.8 Å². The van der Waals surface area contributed by atoms with E-state index in [1.807, 2.05) is 39.0 Å². The largest absolute Gasteiger partial charge is 0.490 e. The van der Waals surface area contributed by atoms with E-state index in [2.05, 4.69) is 33.0 Å². The highest BCUT2D eigenvalue weighted by molar-refractivity contribution is 9.10. The summed E-state index contributed by atoms with van der Waals surface area (Å²) in [5.41, 5.74) is 4.12. The number of nitrogens with zero attached hydrogens (tertiary/aromatic N) is 2.